The maximum absolute atomic E-state index is 10.4. The minimum Gasteiger partial charge on any atom is -0.356 e. The second-order valence-corrected chi connectivity index (χ2v) is 2.44. The van der Waals surface area contributed by atoms with Crippen molar-refractivity contribution >= 4 is 6.29 Å². The van der Waals surface area contributed by atoms with E-state index in [9.17, 15) is 4.79 Å². The Hall–Kier alpha value is -0.450. The van der Waals surface area contributed by atoms with Crippen molar-refractivity contribution in [1.29, 1.82) is 0 Å². The number of carbonyl (C=O) groups excluding carboxylic acids is 1. The Bertz CT molecular complexity index is 136. The second-order valence-electron chi connectivity index (χ2n) is 2.44. The third-order valence-corrected chi connectivity index (χ3v) is 1.77. The first-order chi connectivity index (χ1) is 5.31. The first-order valence-corrected chi connectivity index (χ1v) is 3.48. The van der Waals surface area contributed by atoms with E-state index >= 15 is 0 Å². The molecule has 0 radical (unpaired) electrons. The lowest BCUT2D eigenvalue weighted by atomic mass is 10.1. The first-order valence-electron chi connectivity index (χ1n) is 3.48. The first kappa shape index (κ1) is 8.64. The van der Waals surface area contributed by atoms with Gasteiger partial charge in [0.15, 0.2) is 12.6 Å². The highest BCUT2D eigenvalue weighted by Crippen LogP contribution is 2.25. The van der Waals surface area contributed by atoms with Gasteiger partial charge in [0.25, 0.3) is 0 Å². The maximum Gasteiger partial charge on any atom is 0.169 e. The molecular formula is C7H12O4. The number of hydrogen-bond donors (Lipinski definition) is 0. The average Bonchev–Trinajstić information content (AvgIpc) is 2.46. The predicted molar refractivity (Wildman–Crippen MR) is 36.9 cm³/mol. The van der Waals surface area contributed by atoms with Crippen LogP contribution in [0.1, 0.15) is 6.42 Å². The molecule has 4 heteroatoms. The minimum absolute atomic E-state index is 0.190. The van der Waals surface area contributed by atoms with Crippen molar-refractivity contribution < 1.29 is 19.0 Å². The van der Waals surface area contributed by atoms with E-state index in [1.165, 1.54) is 7.11 Å². The van der Waals surface area contributed by atoms with Gasteiger partial charge < -0.3 is 19.0 Å². The molecule has 1 aliphatic heterocycles. The molecular weight excluding hydrogens is 148 g/mol. The van der Waals surface area contributed by atoms with E-state index in [2.05, 4.69) is 0 Å². The Balaban J connectivity index is 2.47. The Morgan fingerprint density at radius 3 is 2.55 bits per heavy atom. The number of carbonyl (C=O) groups is 1. The zero-order valence-corrected chi connectivity index (χ0v) is 6.65. The van der Waals surface area contributed by atoms with Gasteiger partial charge in [-0.25, -0.2) is 0 Å². The molecule has 0 saturated carbocycles. The molecule has 0 aromatic heterocycles. The molecule has 1 rings (SSSR count). The molecule has 64 valence electrons. The molecule has 0 bridgehead atoms. The SMILES string of the molecule is CO[C@H]1C[C@H](C=O)[C@@H](OC)O1. The van der Waals surface area contributed by atoms with Crippen molar-refractivity contribution in [1.82, 2.24) is 0 Å². The van der Waals surface area contributed by atoms with Crippen molar-refractivity contribution in [2.75, 3.05) is 14.2 Å². The van der Waals surface area contributed by atoms with Gasteiger partial charge in [-0.15, -0.1) is 0 Å². The number of aldehydes is 1. The number of methoxy groups -OCH3 is 2. The van der Waals surface area contributed by atoms with Crippen molar-refractivity contribution in [3.63, 3.8) is 0 Å². The third kappa shape index (κ3) is 1.77. The Labute approximate surface area is 65.4 Å². The lowest BCUT2D eigenvalue weighted by Gasteiger charge is -2.11. The Morgan fingerprint density at radius 2 is 2.18 bits per heavy atom. The summed E-state index contributed by atoms with van der Waals surface area (Å²) in [6.07, 6.45) is 0.693. The zero-order valence-electron chi connectivity index (χ0n) is 6.65. The van der Waals surface area contributed by atoms with Gasteiger partial charge >= 0.3 is 0 Å². The monoisotopic (exact) mass is 160 g/mol. The lowest BCUT2D eigenvalue weighted by Crippen LogP contribution is -2.19. The molecule has 4 nitrogen and oxygen atoms in total. The van der Waals surface area contributed by atoms with Gasteiger partial charge in [0, 0.05) is 20.6 Å². The van der Waals surface area contributed by atoms with Crippen LogP contribution in [0, 0.1) is 5.92 Å². The van der Waals surface area contributed by atoms with Crippen molar-refractivity contribution in [3.8, 4) is 0 Å². The molecule has 0 N–H and O–H groups in total. The standard InChI is InChI=1S/C7H12O4/c1-9-6-3-5(4-8)7(10-2)11-6/h4-7H,3H2,1-2H3/t5-,6-,7+/m1/s1. The van der Waals surface area contributed by atoms with Crippen LogP contribution in [0.2, 0.25) is 0 Å². The van der Waals surface area contributed by atoms with Crippen LogP contribution >= 0.6 is 0 Å². The van der Waals surface area contributed by atoms with Crippen LogP contribution in [0.3, 0.4) is 0 Å². The lowest BCUT2D eigenvalue weighted by molar-refractivity contribution is -0.192. The number of hydrogen-bond acceptors (Lipinski definition) is 4. The predicted octanol–water partition coefficient (Wildman–Crippen LogP) is 0.167. The molecule has 1 saturated heterocycles. The maximum atomic E-state index is 10.4. The van der Waals surface area contributed by atoms with Gasteiger partial charge in [-0.1, -0.05) is 0 Å². The van der Waals surface area contributed by atoms with E-state index < -0.39 is 6.29 Å². The van der Waals surface area contributed by atoms with Gasteiger partial charge in [0.2, 0.25) is 0 Å². The molecule has 0 unspecified atom stereocenters. The smallest absolute Gasteiger partial charge is 0.169 e. The summed E-state index contributed by atoms with van der Waals surface area (Å²) in [5.74, 6) is -0.190. The highest BCUT2D eigenvalue weighted by atomic mass is 16.8. The normalized spacial score (nSPS) is 37.5. The summed E-state index contributed by atoms with van der Waals surface area (Å²) in [5, 5.41) is 0. The molecule has 1 aliphatic rings. The fraction of sp³-hybridized carbons (Fsp3) is 0.857. The summed E-state index contributed by atoms with van der Waals surface area (Å²) in [6, 6.07) is 0. The van der Waals surface area contributed by atoms with E-state index in [4.69, 9.17) is 14.2 Å². The van der Waals surface area contributed by atoms with E-state index in [1.54, 1.807) is 7.11 Å². The van der Waals surface area contributed by atoms with Crippen LogP contribution in [0.25, 0.3) is 0 Å². The largest absolute Gasteiger partial charge is 0.356 e. The van der Waals surface area contributed by atoms with Gasteiger partial charge in [-0.3, -0.25) is 0 Å². The van der Waals surface area contributed by atoms with Gasteiger partial charge in [0.1, 0.15) is 6.29 Å². The van der Waals surface area contributed by atoms with E-state index in [0.29, 0.717) is 6.42 Å². The van der Waals surface area contributed by atoms with Crippen molar-refractivity contribution in [3.05, 3.63) is 0 Å². The van der Waals surface area contributed by atoms with Gasteiger partial charge in [-0.2, -0.15) is 0 Å². The molecule has 11 heavy (non-hydrogen) atoms. The molecule has 1 fully saturated rings. The molecule has 1 heterocycles. The van der Waals surface area contributed by atoms with E-state index in [1.807, 2.05) is 0 Å². The fourth-order valence-corrected chi connectivity index (χ4v) is 1.14. The summed E-state index contributed by atoms with van der Waals surface area (Å²) >= 11 is 0. The summed E-state index contributed by atoms with van der Waals surface area (Å²) < 4.78 is 15.0. The second kappa shape index (κ2) is 3.80. The summed E-state index contributed by atoms with van der Waals surface area (Å²) in [5.41, 5.74) is 0. The van der Waals surface area contributed by atoms with Crippen LogP contribution in [-0.4, -0.2) is 33.1 Å². The highest BCUT2D eigenvalue weighted by Gasteiger charge is 2.34. The molecule has 0 amide bonds. The van der Waals surface area contributed by atoms with E-state index in [-0.39, 0.29) is 12.2 Å². The summed E-state index contributed by atoms with van der Waals surface area (Å²) in [6.45, 7) is 0. The van der Waals surface area contributed by atoms with Crippen LogP contribution < -0.4 is 0 Å². The van der Waals surface area contributed by atoms with Crippen molar-refractivity contribution in [2.45, 2.75) is 19.0 Å². The fourth-order valence-electron chi connectivity index (χ4n) is 1.14. The van der Waals surface area contributed by atoms with Gasteiger partial charge in [0.05, 0.1) is 5.92 Å². The quantitative estimate of drug-likeness (QED) is 0.552. The molecule has 0 aromatic carbocycles. The third-order valence-electron chi connectivity index (χ3n) is 1.77. The molecule has 0 aromatic rings. The molecule has 0 aliphatic carbocycles. The summed E-state index contributed by atoms with van der Waals surface area (Å²) in [7, 11) is 3.06. The van der Waals surface area contributed by atoms with Crippen LogP contribution in [0.5, 0.6) is 0 Å². The average molecular weight is 160 g/mol. The zero-order chi connectivity index (χ0) is 8.27. The van der Waals surface area contributed by atoms with Gasteiger partial charge in [-0.05, 0) is 0 Å². The Kier molecular flexibility index (Phi) is 2.99. The topological polar surface area (TPSA) is 44.8 Å². The van der Waals surface area contributed by atoms with Crippen molar-refractivity contribution in [2.24, 2.45) is 5.92 Å². The Morgan fingerprint density at radius 1 is 1.45 bits per heavy atom. The minimum atomic E-state index is -0.433. The number of rotatable bonds is 3. The van der Waals surface area contributed by atoms with Crippen LogP contribution in [0.15, 0.2) is 0 Å². The van der Waals surface area contributed by atoms with E-state index in [0.717, 1.165) is 6.29 Å². The van der Waals surface area contributed by atoms with Crippen LogP contribution in [0.4, 0.5) is 0 Å². The molecule has 0 spiro atoms. The highest BCUT2D eigenvalue weighted by molar-refractivity contribution is 5.54. The summed E-state index contributed by atoms with van der Waals surface area (Å²) in [4.78, 5) is 10.4. The van der Waals surface area contributed by atoms with Crippen LogP contribution in [-0.2, 0) is 19.0 Å². The number of ether oxygens (including phenoxy) is 3. The molecule has 3 atom stereocenters.